The lowest BCUT2D eigenvalue weighted by atomic mass is 10.2. The Hall–Kier alpha value is -3.40. The molecule has 3 aromatic rings. The molecule has 4 rings (SSSR count). The van der Waals surface area contributed by atoms with E-state index in [1.54, 1.807) is 31.3 Å². The zero-order chi connectivity index (χ0) is 24.0. The summed E-state index contributed by atoms with van der Waals surface area (Å²) < 4.78 is 32.5. The van der Waals surface area contributed by atoms with Crippen molar-refractivity contribution in [2.24, 2.45) is 10.2 Å². The third kappa shape index (κ3) is 5.93. The van der Waals surface area contributed by atoms with Crippen LogP contribution in [0.4, 0.5) is 17.1 Å². The fourth-order valence-corrected chi connectivity index (χ4v) is 4.76. The van der Waals surface area contributed by atoms with E-state index in [9.17, 15) is 13.2 Å². The highest BCUT2D eigenvalue weighted by molar-refractivity contribution is 7.89. The number of amides is 1. The number of rotatable bonds is 8. The van der Waals surface area contributed by atoms with Gasteiger partial charge in [-0.25, -0.2) is 8.42 Å². The Balaban J connectivity index is 1.36. The minimum absolute atomic E-state index is 0.0731. The number of nitrogens with zero attached hydrogens (tertiary/aromatic N) is 3. The van der Waals surface area contributed by atoms with E-state index in [0.29, 0.717) is 30.1 Å². The molecular weight excluding hydrogens is 452 g/mol. The van der Waals surface area contributed by atoms with E-state index >= 15 is 0 Å². The van der Waals surface area contributed by atoms with Crippen molar-refractivity contribution in [1.29, 1.82) is 0 Å². The zero-order valence-corrected chi connectivity index (χ0v) is 19.6. The smallest absolute Gasteiger partial charge is 0.255 e. The molecule has 176 valence electrons. The number of carbonyl (C=O) groups excluding carboxylic acids is 1. The molecule has 3 aromatic carbocycles. The van der Waals surface area contributed by atoms with Crippen LogP contribution >= 0.6 is 0 Å². The Bertz CT molecular complexity index is 1240. The average molecular weight is 479 g/mol. The van der Waals surface area contributed by atoms with Crippen molar-refractivity contribution in [2.45, 2.75) is 23.8 Å². The van der Waals surface area contributed by atoms with Crippen molar-refractivity contribution >= 4 is 33.0 Å². The van der Waals surface area contributed by atoms with Crippen LogP contribution in [-0.4, -0.2) is 44.9 Å². The van der Waals surface area contributed by atoms with Crippen LogP contribution in [0.25, 0.3) is 0 Å². The maximum absolute atomic E-state index is 12.8. The first-order valence-electron chi connectivity index (χ1n) is 11.0. The molecule has 0 aromatic heterocycles. The average Bonchev–Trinajstić information content (AvgIpc) is 3.37. The summed E-state index contributed by atoms with van der Waals surface area (Å²) in [4.78, 5) is 12.7. The molecular formula is C25H26N4O4S. The molecule has 8 nitrogen and oxygen atoms in total. The van der Waals surface area contributed by atoms with Gasteiger partial charge in [0.1, 0.15) is 0 Å². The first-order chi connectivity index (χ1) is 16.4. The Morgan fingerprint density at radius 2 is 1.62 bits per heavy atom. The van der Waals surface area contributed by atoms with Gasteiger partial charge in [0.25, 0.3) is 5.91 Å². The van der Waals surface area contributed by atoms with Crippen molar-refractivity contribution < 1.29 is 17.9 Å². The quantitative estimate of drug-likeness (QED) is 0.452. The number of hydrogen-bond donors (Lipinski definition) is 1. The third-order valence-corrected chi connectivity index (χ3v) is 7.31. The van der Waals surface area contributed by atoms with Gasteiger partial charge in [0.05, 0.1) is 22.4 Å². The van der Waals surface area contributed by atoms with Gasteiger partial charge in [-0.2, -0.15) is 14.5 Å². The van der Waals surface area contributed by atoms with Gasteiger partial charge in [0.2, 0.25) is 10.0 Å². The van der Waals surface area contributed by atoms with Gasteiger partial charge in [-0.05, 0) is 73.5 Å². The minimum Gasteiger partial charge on any atom is -0.377 e. The molecule has 0 radical (unpaired) electrons. The summed E-state index contributed by atoms with van der Waals surface area (Å²) in [6, 6.07) is 22.3. The van der Waals surface area contributed by atoms with Crippen LogP contribution in [0.1, 0.15) is 23.2 Å². The van der Waals surface area contributed by atoms with Crippen molar-refractivity contribution in [3.05, 3.63) is 84.4 Å². The van der Waals surface area contributed by atoms with Crippen LogP contribution in [0.3, 0.4) is 0 Å². The van der Waals surface area contributed by atoms with Gasteiger partial charge in [-0.1, -0.05) is 18.2 Å². The van der Waals surface area contributed by atoms with E-state index in [-0.39, 0.29) is 16.9 Å². The number of benzene rings is 3. The number of carbonyl (C=O) groups is 1. The van der Waals surface area contributed by atoms with Gasteiger partial charge < -0.3 is 10.1 Å². The summed E-state index contributed by atoms with van der Waals surface area (Å²) in [7, 11) is -2.11. The van der Waals surface area contributed by atoms with E-state index in [1.165, 1.54) is 28.6 Å². The summed E-state index contributed by atoms with van der Waals surface area (Å²) in [6.07, 6.45) is 1.73. The Labute approximate surface area is 199 Å². The monoisotopic (exact) mass is 478 g/mol. The molecule has 1 aliphatic rings. The molecule has 9 heteroatoms. The van der Waals surface area contributed by atoms with Crippen LogP contribution in [0.15, 0.2) is 94.0 Å². The van der Waals surface area contributed by atoms with Gasteiger partial charge in [0.15, 0.2) is 0 Å². The first kappa shape index (κ1) is 23.7. The molecule has 0 saturated carbocycles. The number of nitrogens with one attached hydrogen (secondary N) is 1. The summed E-state index contributed by atoms with van der Waals surface area (Å²) in [5, 5.41) is 11.1. The van der Waals surface area contributed by atoms with Crippen LogP contribution in [0.5, 0.6) is 0 Å². The van der Waals surface area contributed by atoms with Gasteiger partial charge in [-0.15, -0.1) is 0 Å². The molecule has 1 fully saturated rings. The Morgan fingerprint density at radius 1 is 0.971 bits per heavy atom. The molecule has 1 heterocycles. The third-order valence-electron chi connectivity index (χ3n) is 5.47. The Kier molecular flexibility index (Phi) is 7.46. The summed E-state index contributed by atoms with van der Waals surface area (Å²) in [5.41, 5.74) is 2.36. The second-order valence-electron chi connectivity index (χ2n) is 7.98. The van der Waals surface area contributed by atoms with Crippen LogP contribution in [-0.2, 0) is 14.8 Å². The molecule has 0 bridgehead atoms. The van der Waals surface area contributed by atoms with E-state index < -0.39 is 10.0 Å². The molecule has 1 N–H and O–H groups in total. The fraction of sp³-hybridized carbons (Fsp3) is 0.240. The predicted octanol–water partition coefficient (Wildman–Crippen LogP) is 5.15. The van der Waals surface area contributed by atoms with E-state index in [0.717, 1.165) is 18.5 Å². The van der Waals surface area contributed by atoms with Crippen molar-refractivity contribution in [3.8, 4) is 0 Å². The lowest BCUT2D eigenvalue weighted by Gasteiger charge is -2.20. The van der Waals surface area contributed by atoms with Crippen molar-refractivity contribution in [1.82, 2.24) is 4.31 Å². The second kappa shape index (κ2) is 10.7. The lowest BCUT2D eigenvalue weighted by molar-refractivity contribution is 0.0979. The SMILES string of the molecule is CN(CC1CCCO1)S(=O)(=O)c1ccc(C(=O)Nc2ccc(N=Nc3ccccc3)cc2)cc1. The summed E-state index contributed by atoms with van der Waals surface area (Å²) >= 11 is 0. The summed E-state index contributed by atoms with van der Waals surface area (Å²) in [5.74, 6) is -0.338. The summed E-state index contributed by atoms with van der Waals surface area (Å²) in [6.45, 7) is 0.981. The molecule has 1 amide bonds. The fourth-order valence-electron chi connectivity index (χ4n) is 3.56. The topological polar surface area (TPSA) is 100 Å². The van der Waals surface area contributed by atoms with Gasteiger partial charge in [-0.3, -0.25) is 4.79 Å². The molecule has 1 unspecified atom stereocenters. The number of likely N-dealkylation sites (N-methyl/N-ethyl adjacent to an activating group) is 1. The molecule has 0 spiro atoms. The standard InChI is InChI=1S/C25H26N4O4S/c1-29(18-23-8-5-17-33-23)34(31,32)24-15-9-19(10-16-24)25(30)26-20-11-13-22(14-12-20)28-27-21-6-3-2-4-7-21/h2-4,6-7,9-16,23H,5,8,17-18H2,1H3,(H,26,30). The van der Waals surface area contributed by atoms with Gasteiger partial charge in [0, 0.05) is 31.5 Å². The predicted molar refractivity (Wildman–Crippen MR) is 130 cm³/mol. The van der Waals surface area contributed by atoms with E-state index in [1.807, 2.05) is 30.3 Å². The highest BCUT2D eigenvalue weighted by Gasteiger charge is 2.26. The number of azo groups is 1. The van der Waals surface area contributed by atoms with Crippen LogP contribution in [0, 0.1) is 0 Å². The molecule has 34 heavy (non-hydrogen) atoms. The van der Waals surface area contributed by atoms with Crippen molar-refractivity contribution in [3.63, 3.8) is 0 Å². The van der Waals surface area contributed by atoms with Crippen LogP contribution in [0.2, 0.25) is 0 Å². The normalized spacial score (nSPS) is 16.2. The second-order valence-corrected chi connectivity index (χ2v) is 10.0. The van der Waals surface area contributed by atoms with E-state index in [4.69, 9.17) is 4.74 Å². The lowest BCUT2D eigenvalue weighted by Crippen LogP contribution is -2.34. The largest absolute Gasteiger partial charge is 0.377 e. The molecule has 0 aliphatic carbocycles. The first-order valence-corrected chi connectivity index (χ1v) is 12.4. The number of anilines is 1. The van der Waals surface area contributed by atoms with Crippen LogP contribution < -0.4 is 5.32 Å². The molecule has 1 atom stereocenters. The highest BCUT2D eigenvalue weighted by Crippen LogP contribution is 2.22. The number of sulfonamides is 1. The molecule has 1 saturated heterocycles. The number of hydrogen-bond acceptors (Lipinski definition) is 6. The number of ether oxygens (including phenoxy) is 1. The maximum atomic E-state index is 12.8. The zero-order valence-electron chi connectivity index (χ0n) is 18.8. The minimum atomic E-state index is -3.66. The Morgan fingerprint density at radius 3 is 2.24 bits per heavy atom. The van der Waals surface area contributed by atoms with Crippen molar-refractivity contribution in [2.75, 3.05) is 25.5 Å². The molecule has 1 aliphatic heterocycles. The maximum Gasteiger partial charge on any atom is 0.255 e. The highest BCUT2D eigenvalue weighted by atomic mass is 32.2. The van der Waals surface area contributed by atoms with E-state index in [2.05, 4.69) is 15.5 Å². The van der Waals surface area contributed by atoms with Gasteiger partial charge >= 0.3 is 0 Å².